The van der Waals surface area contributed by atoms with Crippen molar-refractivity contribution in [2.75, 3.05) is 12.9 Å². The van der Waals surface area contributed by atoms with E-state index in [0.717, 1.165) is 22.6 Å². The third kappa shape index (κ3) is 3.77. The first kappa shape index (κ1) is 12.9. The van der Waals surface area contributed by atoms with Gasteiger partial charge in [0.25, 0.3) is 0 Å². The topological polar surface area (TPSA) is 46.5 Å². The zero-order chi connectivity index (χ0) is 12.0. The highest BCUT2D eigenvalue weighted by molar-refractivity contribution is 7.99. The van der Waals surface area contributed by atoms with Crippen molar-refractivity contribution in [1.29, 1.82) is 0 Å². The average Bonchev–Trinajstić information content (AvgIpc) is 2.28. The number of aryl methyl sites for hydroxylation is 1. The van der Waals surface area contributed by atoms with Crippen molar-refractivity contribution in [3.63, 3.8) is 0 Å². The molecule has 0 aliphatic carbocycles. The number of rotatable bonds is 6. The molecular weight excluding hydrogens is 224 g/mol. The molecular formula is C12H16O3S. The van der Waals surface area contributed by atoms with Crippen LogP contribution in [-0.4, -0.2) is 23.9 Å². The summed E-state index contributed by atoms with van der Waals surface area (Å²) < 4.78 is 5.23. The predicted octanol–water partition coefficient (Wildman–Crippen LogP) is 2.82. The molecule has 16 heavy (non-hydrogen) atoms. The summed E-state index contributed by atoms with van der Waals surface area (Å²) in [4.78, 5) is 11.5. The number of hydrogen-bond acceptors (Lipinski definition) is 3. The first-order chi connectivity index (χ1) is 7.67. The van der Waals surface area contributed by atoms with E-state index >= 15 is 0 Å². The number of carboxylic acids is 1. The van der Waals surface area contributed by atoms with E-state index in [4.69, 9.17) is 9.84 Å². The van der Waals surface area contributed by atoms with Crippen molar-refractivity contribution in [2.45, 2.75) is 24.7 Å². The molecule has 0 saturated heterocycles. The number of benzene rings is 1. The molecule has 0 aliphatic rings. The molecule has 0 bridgehead atoms. The van der Waals surface area contributed by atoms with E-state index in [-0.39, 0.29) is 6.42 Å². The maximum Gasteiger partial charge on any atom is 0.304 e. The van der Waals surface area contributed by atoms with Gasteiger partial charge in [-0.05, 0) is 30.2 Å². The second kappa shape index (κ2) is 6.43. The molecule has 4 heteroatoms. The number of thioether (sulfide) groups is 1. The lowest BCUT2D eigenvalue weighted by molar-refractivity contribution is -0.136. The van der Waals surface area contributed by atoms with Crippen molar-refractivity contribution in [3.8, 4) is 5.75 Å². The molecule has 1 rings (SSSR count). The summed E-state index contributed by atoms with van der Waals surface area (Å²) in [5.74, 6) is 0.743. The molecule has 1 aromatic carbocycles. The lowest BCUT2D eigenvalue weighted by Gasteiger charge is -2.08. The van der Waals surface area contributed by atoms with Crippen LogP contribution in [0.1, 0.15) is 18.9 Å². The Morgan fingerprint density at radius 3 is 2.81 bits per heavy atom. The van der Waals surface area contributed by atoms with Crippen LogP contribution in [0.4, 0.5) is 0 Å². The van der Waals surface area contributed by atoms with Crippen LogP contribution in [-0.2, 0) is 11.2 Å². The fourth-order valence-electron chi connectivity index (χ4n) is 1.38. The van der Waals surface area contributed by atoms with Gasteiger partial charge in [-0.1, -0.05) is 6.92 Å². The second-order valence-electron chi connectivity index (χ2n) is 3.32. The molecule has 1 N–H and O–H groups in total. The predicted molar refractivity (Wildman–Crippen MR) is 65.3 cm³/mol. The zero-order valence-corrected chi connectivity index (χ0v) is 10.3. The van der Waals surface area contributed by atoms with Crippen molar-refractivity contribution < 1.29 is 14.6 Å². The van der Waals surface area contributed by atoms with Gasteiger partial charge in [-0.3, -0.25) is 4.79 Å². The van der Waals surface area contributed by atoms with E-state index in [1.807, 2.05) is 12.1 Å². The van der Waals surface area contributed by atoms with Crippen LogP contribution < -0.4 is 4.74 Å². The molecule has 0 amide bonds. The van der Waals surface area contributed by atoms with Gasteiger partial charge in [0.2, 0.25) is 0 Å². The number of hydrogen-bond donors (Lipinski definition) is 1. The smallest absolute Gasteiger partial charge is 0.304 e. The monoisotopic (exact) mass is 240 g/mol. The maximum absolute atomic E-state index is 10.4. The number of ether oxygens (including phenoxy) is 1. The van der Waals surface area contributed by atoms with Gasteiger partial charge in [0, 0.05) is 10.6 Å². The highest BCUT2D eigenvalue weighted by Crippen LogP contribution is 2.26. The van der Waals surface area contributed by atoms with Gasteiger partial charge in [0.15, 0.2) is 0 Å². The molecule has 1 aromatic rings. The first-order valence-corrected chi connectivity index (χ1v) is 6.17. The van der Waals surface area contributed by atoms with Crippen LogP contribution in [0, 0.1) is 0 Å². The first-order valence-electron chi connectivity index (χ1n) is 5.19. The van der Waals surface area contributed by atoms with E-state index in [9.17, 15) is 4.79 Å². The van der Waals surface area contributed by atoms with Crippen LogP contribution in [0.15, 0.2) is 23.1 Å². The average molecular weight is 240 g/mol. The summed E-state index contributed by atoms with van der Waals surface area (Å²) in [5.41, 5.74) is 1.16. The minimum atomic E-state index is -0.753. The van der Waals surface area contributed by atoms with E-state index in [1.165, 1.54) is 0 Å². The van der Waals surface area contributed by atoms with Gasteiger partial charge in [0.05, 0.1) is 13.5 Å². The minimum absolute atomic E-state index is 0.193. The number of aliphatic carboxylic acids is 1. The Balaban J connectivity index is 2.64. The normalized spacial score (nSPS) is 10.1. The fraction of sp³-hybridized carbons (Fsp3) is 0.417. The summed E-state index contributed by atoms with van der Waals surface area (Å²) >= 11 is 1.56. The molecule has 0 aliphatic heterocycles. The van der Waals surface area contributed by atoms with Crippen molar-refractivity contribution in [1.82, 2.24) is 0 Å². The van der Waals surface area contributed by atoms with Gasteiger partial charge in [-0.15, -0.1) is 11.8 Å². The lowest BCUT2D eigenvalue weighted by Crippen LogP contribution is -1.96. The molecule has 0 unspecified atom stereocenters. The van der Waals surface area contributed by atoms with Crippen LogP contribution >= 0.6 is 11.8 Å². The summed E-state index contributed by atoms with van der Waals surface area (Å²) in [5, 5.41) is 8.54. The Morgan fingerprint density at radius 2 is 2.25 bits per heavy atom. The molecule has 0 atom stereocenters. The number of carbonyl (C=O) groups is 1. The number of carboxylic acid groups (broad SMARTS) is 1. The molecule has 0 heterocycles. The SMILES string of the molecule is CCc1cc(SCCC(=O)O)ccc1OC. The summed E-state index contributed by atoms with van der Waals surface area (Å²) in [6.07, 6.45) is 1.11. The van der Waals surface area contributed by atoms with E-state index in [1.54, 1.807) is 18.9 Å². The Bertz CT molecular complexity index is 363. The summed E-state index contributed by atoms with van der Waals surface area (Å²) in [6.45, 7) is 2.07. The van der Waals surface area contributed by atoms with E-state index < -0.39 is 5.97 Å². The zero-order valence-electron chi connectivity index (χ0n) is 9.53. The van der Waals surface area contributed by atoms with Crippen LogP contribution in [0.5, 0.6) is 5.75 Å². The van der Waals surface area contributed by atoms with Crippen LogP contribution in [0.2, 0.25) is 0 Å². The third-order valence-corrected chi connectivity index (χ3v) is 3.21. The molecule has 0 radical (unpaired) electrons. The summed E-state index contributed by atoms with van der Waals surface area (Å²) in [7, 11) is 1.66. The van der Waals surface area contributed by atoms with Crippen molar-refractivity contribution in [3.05, 3.63) is 23.8 Å². The largest absolute Gasteiger partial charge is 0.496 e. The van der Waals surface area contributed by atoms with Gasteiger partial charge >= 0.3 is 5.97 Å². The Kier molecular flexibility index (Phi) is 5.19. The minimum Gasteiger partial charge on any atom is -0.496 e. The Morgan fingerprint density at radius 1 is 1.50 bits per heavy atom. The van der Waals surface area contributed by atoms with Crippen LogP contribution in [0.3, 0.4) is 0 Å². The molecule has 0 saturated carbocycles. The van der Waals surface area contributed by atoms with Crippen molar-refractivity contribution in [2.24, 2.45) is 0 Å². The Labute approximate surface area is 99.8 Å². The quantitative estimate of drug-likeness (QED) is 0.777. The highest BCUT2D eigenvalue weighted by atomic mass is 32.2. The Hall–Kier alpha value is -1.16. The standard InChI is InChI=1S/C12H16O3S/c1-3-9-8-10(4-5-11(9)15-2)16-7-6-12(13)14/h4-5,8H,3,6-7H2,1-2H3,(H,13,14). The lowest BCUT2D eigenvalue weighted by atomic mass is 10.1. The van der Waals surface area contributed by atoms with Gasteiger partial charge in [0.1, 0.15) is 5.75 Å². The molecule has 3 nitrogen and oxygen atoms in total. The molecule has 88 valence electrons. The van der Waals surface area contributed by atoms with Crippen molar-refractivity contribution >= 4 is 17.7 Å². The maximum atomic E-state index is 10.4. The van der Waals surface area contributed by atoms with E-state index in [0.29, 0.717) is 5.75 Å². The molecule has 0 spiro atoms. The van der Waals surface area contributed by atoms with Gasteiger partial charge < -0.3 is 9.84 Å². The van der Waals surface area contributed by atoms with Gasteiger partial charge in [-0.2, -0.15) is 0 Å². The second-order valence-corrected chi connectivity index (χ2v) is 4.49. The number of methoxy groups -OCH3 is 1. The highest BCUT2D eigenvalue weighted by Gasteiger charge is 2.04. The van der Waals surface area contributed by atoms with E-state index in [2.05, 4.69) is 13.0 Å². The fourth-order valence-corrected chi connectivity index (χ4v) is 2.28. The third-order valence-electron chi connectivity index (χ3n) is 2.22. The summed E-state index contributed by atoms with van der Waals surface area (Å²) in [6, 6.07) is 5.96. The molecule has 0 fully saturated rings. The van der Waals surface area contributed by atoms with Gasteiger partial charge in [-0.25, -0.2) is 0 Å². The van der Waals surface area contributed by atoms with Crippen LogP contribution in [0.25, 0.3) is 0 Å². The molecule has 0 aromatic heterocycles.